The fraction of sp³-hybridized carbons (Fsp3) is 0.533. The van der Waals surface area contributed by atoms with Gasteiger partial charge in [0.05, 0.1) is 5.02 Å². The first-order valence-electron chi connectivity index (χ1n) is 7.60. The second-order valence-corrected chi connectivity index (χ2v) is 6.17. The van der Waals surface area contributed by atoms with Gasteiger partial charge in [-0.15, -0.1) is 0 Å². The minimum atomic E-state index is -0.185. The van der Waals surface area contributed by atoms with Crippen molar-refractivity contribution in [3.05, 3.63) is 23.4 Å². The van der Waals surface area contributed by atoms with Gasteiger partial charge in [-0.3, -0.25) is 10.1 Å². The standard InChI is InChI=1S/C15H19ClN4O2/c16-12-4-5-13(17-10-12)18-15(22)20-7-1-6-19(8-9-20)14(21)11-2-3-11/h4-5,10-11H,1-3,6-9H2,(H,17,18,22). The highest BCUT2D eigenvalue weighted by atomic mass is 35.5. The summed E-state index contributed by atoms with van der Waals surface area (Å²) >= 11 is 5.77. The average Bonchev–Trinajstić information content (AvgIpc) is 3.35. The zero-order valence-electron chi connectivity index (χ0n) is 12.3. The molecule has 1 aliphatic carbocycles. The minimum absolute atomic E-state index is 0.185. The monoisotopic (exact) mass is 322 g/mol. The van der Waals surface area contributed by atoms with Crippen molar-refractivity contribution >= 4 is 29.4 Å². The second kappa shape index (κ2) is 6.52. The van der Waals surface area contributed by atoms with Crippen LogP contribution in [0, 0.1) is 5.92 Å². The van der Waals surface area contributed by atoms with Crippen molar-refractivity contribution in [1.29, 1.82) is 0 Å². The molecular formula is C15H19ClN4O2. The van der Waals surface area contributed by atoms with Crippen LogP contribution in [0.4, 0.5) is 10.6 Å². The molecular weight excluding hydrogens is 304 g/mol. The van der Waals surface area contributed by atoms with Crippen LogP contribution < -0.4 is 5.32 Å². The van der Waals surface area contributed by atoms with Crippen LogP contribution in [0.2, 0.25) is 5.02 Å². The summed E-state index contributed by atoms with van der Waals surface area (Å²) in [5.41, 5.74) is 0. The Morgan fingerprint density at radius 1 is 1.14 bits per heavy atom. The Labute approximate surface area is 134 Å². The maximum absolute atomic E-state index is 12.3. The number of carbonyl (C=O) groups excluding carboxylic acids is 2. The molecule has 0 spiro atoms. The maximum atomic E-state index is 12.3. The number of rotatable bonds is 2. The van der Waals surface area contributed by atoms with E-state index in [1.807, 2.05) is 4.90 Å². The molecule has 0 aromatic carbocycles. The van der Waals surface area contributed by atoms with Crippen LogP contribution >= 0.6 is 11.6 Å². The van der Waals surface area contributed by atoms with Crippen molar-refractivity contribution < 1.29 is 9.59 Å². The van der Waals surface area contributed by atoms with E-state index in [4.69, 9.17) is 11.6 Å². The fourth-order valence-electron chi connectivity index (χ4n) is 2.57. The van der Waals surface area contributed by atoms with Crippen molar-refractivity contribution in [3.8, 4) is 0 Å². The molecule has 3 rings (SSSR count). The third kappa shape index (κ3) is 3.68. The van der Waals surface area contributed by atoms with Crippen LogP contribution in [0.25, 0.3) is 0 Å². The molecule has 1 aromatic heterocycles. The van der Waals surface area contributed by atoms with E-state index in [1.54, 1.807) is 17.0 Å². The highest BCUT2D eigenvalue weighted by Gasteiger charge is 2.34. The van der Waals surface area contributed by atoms with Crippen LogP contribution in [0.3, 0.4) is 0 Å². The zero-order chi connectivity index (χ0) is 15.5. The lowest BCUT2D eigenvalue weighted by Crippen LogP contribution is -2.39. The number of carbonyl (C=O) groups is 2. The van der Waals surface area contributed by atoms with Crippen molar-refractivity contribution in [3.63, 3.8) is 0 Å². The number of urea groups is 1. The molecule has 7 heteroatoms. The molecule has 118 valence electrons. The van der Waals surface area contributed by atoms with E-state index < -0.39 is 0 Å². The van der Waals surface area contributed by atoms with E-state index in [9.17, 15) is 9.59 Å². The van der Waals surface area contributed by atoms with Gasteiger partial charge in [-0.2, -0.15) is 0 Å². The maximum Gasteiger partial charge on any atom is 0.323 e. The van der Waals surface area contributed by atoms with Crippen LogP contribution in [-0.2, 0) is 4.79 Å². The molecule has 2 heterocycles. The molecule has 1 aliphatic heterocycles. The van der Waals surface area contributed by atoms with Gasteiger partial charge in [-0.1, -0.05) is 11.6 Å². The summed E-state index contributed by atoms with van der Waals surface area (Å²) in [6.07, 6.45) is 4.33. The van der Waals surface area contributed by atoms with Gasteiger partial charge in [0.15, 0.2) is 0 Å². The summed E-state index contributed by atoms with van der Waals surface area (Å²) < 4.78 is 0. The summed E-state index contributed by atoms with van der Waals surface area (Å²) in [6, 6.07) is 3.17. The Morgan fingerprint density at radius 3 is 2.55 bits per heavy atom. The minimum Gasteiger partial charge on any atom is -0.341 e. The molecule has 1 saturated carbocycles. The summed E-state index contributed by atoms with van der Waals surface area (Å²) in [4.78, 5) is 32.0. The number of hydrogen-bond acceptors (Lipinski definition) is 3. The molecule has 22 heavy (non-hydrogen) atoms. The quantitative estimate of drug-likeness (QED) is 0.908. The topological polar surface area (TPSA) is 65.5 Å². The molecule has 0 atom stereocenters. The molecule has 0 radical (unpaired) electrons. The molecule has 3 amide bonds. The van der Waals surface area contributed by atoms with Crippen molar-refractivity contribution in [2.24, 2.45) is 5.92 Å². The smallest absolute Gasteiger partial charge is 0.323 e. The summed E-state index contributed by atoms with van der Waals surface area (Å²) in [5, 5.41) is 3.29. The highest BCUT2D eigenvalue weighted by Crippen LogP contribution is 2.31. The molecule has 2 aliphatic rings. The number of nitrogens with one attached hydrogen (secondary N) is 1. The first kappa shape index (κ1) is 15.1. The first-order valence-corrected chi connectivity index (χ1v) is 7.97. The van der Waals surface area contributed by atoms with Gasteiger partial charge in [0.1, 0.15) is 5.82 Å². The number of aromatic nitrogens is 1. The molecule has 2 fully saturated rings. The number of pyridine rings is 1. The molecule has 0 unspecified atom stereocenters. The Hall–Kier alpha value is -1.82. The van der Waals surface area contributed by atoms with Gasteiger partial charge in [0.2, 0.25) is 5.91 Å². The molecule has 0 bridgehead atoms. The Balaban J connectivity index is 1.54. The number of nitrogens with zero attached hydrogens (tertiary/aromatic N) is 3. The molecule has 1 N–H and O–H groups in total. The van der Waals surface area contributed by atoms with E-state index in [-0.39, 0.29) is 17.9 Å². The summed E-state index contributed by atoms with van der Waals surface area (Å²) in [5.74, 6) is 0.963. The van der Waals surface area contributed by atoms with Gasteiger partial charge < -0.3 is 9.80 Å². The number of anilines is 1. The Kier molecular flexibility index (Phi) is 4.47. The highest BCUT2D eigenvalue weighted by molar-refractivity contribution is 6.30. The fourth-order valence-corrected chi connectivity index (χ4v) is 2.68. The van der Waals surface area contributed by atoms with Gasteiger partial charge >= 0.3 is 6.03 Å². The van der Waals surface area contributed by atoms with Gasteiger partial charge in [-0.25, -0.2) is 9.78 Å². The van der Waals surface area contributed by atoms with Crippen LogP contribution in [0.1, 0.15) is 19.3 Å². The lowest BCUT2D eigenvalue weighted by atomic mass is 10.3. The van der Waals surface area contributed by atoms with Gasteiger partial charge in [0, 0.05) is 38.3 Å². The summed E-state index contributed by atoms with van der Waals surface area (Å²) in [6.45, 7) is 2.54. The second-order valence-electron chi connectivity index (χ2n) is 5.73. The van der Waals surface area contributed by atoms with E-state index in [1.165, 1.54) is 6.20 Å². The van der Waals surface area contributed by atoms with Crippen LogP contribution in [-0.4, -0.2) is 52.9 Å². The average molecular weight is 323 g/mol. The Morgan fingerprint density at radius 2 is 1.86 bits per heavy atom. The normalized spacial score (nSPS) is 18.8. The third-order valence-corrected chi connectivity index (χ3v) is 4.21. The van der Waals surface area contributed by atoms with Crippen LogP contribution in [0.5, 0.6) is 0 Å². The summed E-state index contributed by atoms with van der Waals surface area (Å²) in [7, 11) is 0. The van der Waals surface area contributed by atoms with Gasteiger partial charge in [0.25, 0.3) is 0 Å². The van der Waals surface area contributed by atoms with E-state index >= 15 is 0 Å². The lowest BCUT2D eigenvalue weighted by molar-refractivity contribution is -0.132. The SMILES string of the molecule is O=C(Nc1ccc(Cl)cn1)N1CCCN(C(=O)C2CC2)CC1. The van der Waals surface area contributed by atoms with Crippen molar-refractivity contribution in [1.82, 2.24) is 14.8 Å². The number of amides is 3. The van der Waals surface area contributed by atoms with E-state index in [2.05, 4.69) is 10.3 Å². The number of hydrogen-bond donors (Lipinski definition) is 1. The van der Waals surface area contributed by atoms with E-state index in [0.717, 1.165) is 25.8 Å². The largest absolute Gasteiger partial charge is 0.341 e. The molecule has 6 nitrogen and oxygen atoms in total. The van der Waals surface area contributed by atoms with Crippen LogP contribution in [0.15, 0.2) is 18.3 Å². The first-order chi connectivity index (χ1) is 10.6. The van der Waals surface area contributed by atoms with E-state index in [0.29, 0.717) is 30.5 Å². The predicted octanol–water partition coefficient (Wildman–Crippen LogP) is 2.21. The van der Waals surface area contributed by atoms with Crippen molar-refractivity contribution in [2.75, 3.05) is 31.5 Å². The Bertz CT molecular complexity index is 559. The number of halogens is 1. The molecule has 1 saturated heterocycles. The molecule has 1 aromatic rings. The third-order valence-electron chi connectivity index (χ3n) is 3.98. The zero-order valence-corrected chi connectivity index (χ0v) is 13.1. The predicted molar refractivity (Wildman–Crippen MR) is 83.8 cm³/mol. The lowest BCUT2D eigenvalue weighted by Gasteiger charge is -2.22. The van der Waals surface area contributed by atoms with Crippen molar-refractivity contribution in [2.45, 2.75) is 19.3 Å². The van der Waals surface area contributed by atoms with Gasteiger partial charge in [-0.05, 0) is 31.4 Å².